The van der Waals surface area contributed by atoms with Crippen molar-refractivity contribution in [3.63, 3.8) is 0 Å². The van der Waals surface area contributed by atoms with Gasteiger partial charge < -0.3 is 0 Å². The molecule has 0 radical (unpaired) electrons. The third kappa shape index (κ3) is 2.39. The summed E-state index contributed by atoms with van der Waals surface area (Å²) in [7, 11) is 0. The highest BCUT2D eigenvalue weighted by Gasteiger charge is 2.39. The first-order chi connectivity index (χ1) is 6.90. The Balaban J connectivity index is 2.99. The maximum absolute atomic E-state index is 12.2. The molecule has 1 heteroatoms. The minimum absolute atomic E-state index is 0.0300. The molecule has 0 N–H and O–H groups in total. The molecule has 15 heavy (non-hydrogen) atoms. The summed E-state index contributed by atoms with van der Waals surface area (Å²) in [5.74, 6) is 0.301. The fraction of sp³-hybridized carbons (Fsp3) is 0.643. The first kappa shape index (κ1) is 12.2. The monoisotopic (exact) mass is 206 g/mol. The molecule has 1 aliphatic carbocycles. The molecule has 0 aromatic rings. The predicted octanol–water partition coefficient (Wildman–Crippen LogP) is 3.90. The van der Waals surface area contributed by atoms with E-state index in [1.807, 2.05) is 19.9 Å². The van der Waals surface area contributed by atoms with Crippen LogP contribution in [0, 0.1) is 11.3 Å². The first-order valence-electron chi connectivity index (χ1n) is 5.75. The van der Waals surface area contributed by atoms with Gasteiger partial charge in [-0.3, -0.25) is 4.79 Å². The van der Waals surface area contributed by atoms with Crippen LogP contribution >= 0.6 is 0 Å². The Morgan fingerprint density at radius 3 is 2.60 bits per heavy atom. The Hall–Kier alpha value is -0.850. The third-order valence-electron chi connectivity index (χ3n) is 3.59. The van der Waals surface area contributed by atoms with Gasteiger partial charge in [0, 0.05) is 5.92 Å². The van der Waals surface area contributed by atoms with Crippen molar-refractivity contribution in [2.24, 2.45) is 11.3 Å². The molecule has 0 spiro atoms. The molecule has 1 atom stereocenters. The molecule has 1 nitrogen and oxygen atoms in total. The molecule has 1 fully saturated rings. The van der Waals surface area contributed by atoms with Crippen LogP contribution in [0.1, 0.15) is 47.0 Å². The maximum Gasteiger partial charge on any atom is 0.165 e. The Morgan fingerprint density at radius 1 is 1.53 bits per heavy atom. The second kappa shape index (κ2) is 4.34. The van der Waals surface area contributed by atoms with E-state index >= 15 is 0 Å². The lowest BCUT2D eigenvalue weighted by Gasteiger charge is -2.39. The Morgan fingerprint density at radius 2 is 2.13 bits per heavy atom. The summed E-state index contributed by atoms with van der Waals surface area (Å²) in [6.07, 6.45) is 5.21. The minimum Gasteiger partial charge on any atom is -0.294 e. The van der Waals surface area contributed by atoms with Gasteiger partial charge >= 0.3 is 0 Å². The summed E-state index contributed by atoms with van der Waals surface area (Å²) in [6.45, 7) is 12.3. The summed E-state index contributed by atoms with van der Waals surface area (Å²) >= 11 is 0. The number of hydrogen-bond acceptors (Lipinski definition) is 1. The van der Waals surface area contributed by atoms with E-state index in [9.17, 15) is 4.79 Å². The molecule has 0 saturated heterocycles. The van der Waals surface area contributed by atoms with Crippen LogP contribution in [0.4, 0.5) is 0 Å². The van der Waals surface area contributed by atoms with Crippen LogP contribution in [0.15, 0.2) is 23.8 Å². The van der Waals surface area contributed by atoms with Crippen LogP contribution in [-0.2, 0) is 4.79 Å². The maximum atomic E-state index is 12.2. The third-order valence-corrected chi connectivity index (χ3v) is 3.59. The average molecular weight is 206 g/mol. The highest BCUT2D eigenvalue weighted by molar-refractivity contribution is 5.98. The zero-order valence-electron chi connectivity index (χ0n) is 10.4. The van der Waals surface area contributed by atoms with Crippen LogP contribution in [0.2, 0.25) is 0 Å². The lowest BCUT2D eigenvalue weighted by molar-refractivity contribution is -0.121. The normalized spacial score (nSPS) is 26.5. The molecule has 0 aromatic carbocycles. The van der Waals surface area contributed by atoms with E-state index in [1.165, 1.54) is 6.42 Å². The van der Waals surface area contributed by atoms with Crippen LogP contribution in [0.25, 0.3) is 0 Å². The molecular formula is C14H22O. The van der Waals surface area contributed by atoms with Crippen LogP contribution < -0.4 is 0 Å². The quantitative estimate of drug-likeness (QED) is 0.494. The smallest absolute Gasteiger partial charge is 0.165 e. The number of rotatable bonds is 2. The minimum atomic E-state index is 0.0300. The molecule has 84 valence electrons. The Bertz CT molecular complexity index is 307. The number of carbonyl (C=O) groups excluding carboxylic acids is 1. The summed E-state index contributed by atoms with van der Waals surface area (Å²) in [4.78, 5) is 12.2. The predicted molar refractivity (Wildman–Crippen MR) is 64.7 cm³/mol. The average Bonchev–Trinajstić information content (AvgIpc) is 2.14. The summed E-state index contributed by atoms with van der Waals surface area (Å²) in [5.41, 5.74) is 2.07. The second-order valence-electron chi connectivity index (χ2n) is 5.27. The van der Waals surface area contributed by atoms with E-state index in [-0.39, 0.29) is 17.1 Å². The van der Waals surface area contributed by atoms with Gasteiger partial charge in [-0.05, 0) is 44.1 Å². The SMILES string of the molecule is C=C1CCCC(C)(C)C1C(=O)C(C)=CC. The van der Waals surface area contributed by atoms with Crippen molar-refractivity contribution >= 4 is 5.78 Å². The van der Waals surface area contributed by atoms with Gasteiger partial charge in [0.15, 0.2) is 5.78 Å². The molecule has 0 heterocycles. The van der Waals surface area contributed by atoms with Gasteiger partial charge in [-0.1, -0.05) is 32.1 Å². The van der Waals surface area contributed by atoms with Gasteiger partial charge in [-0.2, -0.15) is 0 Å². The largest absolute Gasteiger partial charge is 0.294 e. The van der Waals surface area contributed by atoms with Crippen molar-refractivity contribution in [3.8, 4) is 0 Å². The molecule has 0 amide bonds. The van der Waals surface area contributed by atoms with Gasteiger partial charge in [0.1, 0.15) is 0 Å². The van der Waals surface area contributed by atoms with Crippen molar-refractivity contribution in [3.05, 3.63) is 23.8 Å². The van der Waals surface area contributed by atoms with Crippen molar-refractivity contribution < 1.29 is 4.79 Å². The van der Waals surface area contributed by atoms with E-state index in [4.69, 9.17) is 0 Å². The van der Waals surface area contributed by atoms with Gasteiger partial charge in [0.05, 0.1) is 0 Å². The molecule has 1 rings (SSSR count). The lowest BCUT2D eigenvalue weighted by Crippen LogP contribution is -2.35. The molecule has 0 bridgehead atoms. The van der Waals surface area contributed by atoms with E-state index in [2.05, 4.69) is 20.4 Å². The Labute approximate surface area is 93.3 Å². The molecule has 0 aromatic heterocycles. The zero-order chi connectivity index (χ0) is 11.6. The van der Waals surface area contributed by atoms with Gasteiger partial charge in [-0.15, -0.1) is 0 Å². The molecular weight excluding hydrogens is 184 g/mol. The fourth-order valence-corrected chi connectivity index (χ4v) is 2.52. The number of ketones is 1. The zero-order valence-corrected chi connectivity index (χ0v) is 10.4. The standard InChI is InChI=1S/C14H22O/c1-6-10(2)13(15)12-11(3)8-7-9-14(12,4)5/h6,12H,3,7-9H2,1-2,4-5H3. The van der Waals surface area contributed by atoms with E-state index in [0.717, 1.165) is 24.0 Å². The Kier molecular flexibility index (Phi) is 3.54. The van der Waals surface area contributed by atoms with Crippen LogP contribution in [0.5, 0.6) is 0 Å². The van der Waals surface area contributed by atoms with Gasteiger partial charge in [0.2, 0.25) is 0 Å². The summed E-state index contributed by atoms with van der Waals surface area (Å²) in [6, 6.07) is 0. The van der Waals surface area contributed by atoms with E-state index < -0.39 is 0 Å². The summed E-state index contributed by atoms with van der Waals surface area (Å²) in [5, 5.41) is 0. The molecule has 1 saturated carbocycles. The van der Waals surface area contributed by atoms with Gasteiger partial charge in [0.25, 0.3) is 0 Å². The molecule has 1 aliphatic rings. The van der Waals surface area contributed by atoms with E-state index in [1.54, 1.807) is 0 Å². The number of allylic oxidation sites excluding steroid dienone is 3. The van der Waals surface area contributed by atoms with Crippen molar-refractivity contribution in [1.29, 1.82) is 0 Å². The first-order valence-corrected chi connectivity index (χ1v) is 5.75. The van der Waals surface area contributed by atoms with Crippen molar-refractivity contribution in [2.75, 3.05) is 0 Å². The number of carbonyl (C=O) groups is 1. The topological polar surface area (TPSA) is 17.1 Å². The fourth-order valence-electron chi connectivity index (χ4n) is 2.52. The highest BCUT2D eigenvalue weighted by Crippen LogP contribution is 2.44. The van der Waals surface area contributed by atoms with Crippen LogP contribution in [-0.4, -0.2) is 5.78 Å². The van der Waals surface area contributed by atoms with Crippen molar-refractivity contribution in [2.45, 2.75) is 47.0 Å². The molecule has 0 aliphatic heterocycles. The second-order valence-corrected chi connectivity index (χ2v) is 5.27. The van der Waals surface area contributed by atoms with E-state index in [0.29, 0.717) is 0 Å². The van der Waals surface area contributed by atoms with Crippen LogP contribution in [0.3, 0.4) is 0 Å². The van der Waals surface area contributed by atoms with Crippen molar-refractivity contribution in [1.82, 2.24) is 0 Å². The van der Waals surface area contributed by atoms with Gasteiger partial charge in [-0.25, -0.2) is 0 Å². The number of Topliss-reactive ketones (excluding diaryl/α,β-unsaturated/α-hetero) is 1. The lowest BCUT2D eigenvalue weighted by atomic mass is 9.64. The summed E-state index contributed by atoms with van der Waals surface area (Å²) < 4.78 is 0. The number of hydrogen-bond donors (Lipinski definition) is 0. The molecule has 1 unspecified atom stereocenters. The highest BCUT2D eigenvalue weighted by atomic mass is 16.1.